The van der Waals surface area contributed by atoms with E-state index < -0.39 is 0 Å². The van der Waals surface area contributed by atoms with Crippen LogP contribution in [0.5, 0.6) is 0 Å². The van der Waals surface area contributed by atoms with Gasteiger partial charge in [-0.2, -0.15) is 11.8 Å². The first-order chi connectivity index (χ1) is 7.49. The second kappa shape index (κ2) is 4.38. The minimum atomic E-state index is 0.285. The smallest absolute Gasteiger partial charge is 0.0741 e. The number of hydrogen-bond donors (Lipinski definition) is 1. The Bertz CT molecular complexity index is 393. The molecule has 0 unspecified atom stereocenters. The van der Waals surface area contributed by atoms with Crippen LogP contribution < -0.4 is 10.6 Å². The van der Waals surface area contributed by atoms with Crippen molar-refractivity contribution < 1.29 is 0 Å². The summed E-state index contributed by atoms with van der Waals surface area (Å²) in [7, 11) is 0. The number of nitrogens with two attached hydrogens (primary N) is 1. The standard InChI is InChI=1S/C12H17ClN2S/c1-12(2)8-15(6-7-16-12)10-5-3-4-9(13)11(10)14/h3-5H,6-8,14H2,1-2H3. The van der Waals surface area contributed by atoms with Crippen LogP contribution in [0, 0.1) is 0 Å². The van der Waals surface area contributed by atoms with Gasteiger partial charge in [-0.3, -0.25) is 0 Å². The second-order valence-corrected chi connectivity index (χ2v) is 6.91. The molecule has 0 radical (unpaired) electrons. The van der Waals surface area contributed by atoms with Gasteiger partial charge in [0.15, 0.2) is 0 Å². The fraction of sp³-hybridized carbons (Fsp3) is 0.500. The molecule has 0 aliphatic carbocycles. The number of nitrogens with zero attached hydrogens (tertiary/aromatic N) is 1. The Kier molecular flexibility index (Phi) is 3.27. The van der Waals surface area contributed by atoms with Crippen LogP contribution in [0.15, 0.2) is 18.2 Å². The van der Waals surface area contributed by atoms with E-state index in [1.54, 1.807) is 0 Å². The molecule has 4 heteroatoms. The lowest BCUT2D eigenvalue weighted by molar-refractivity contribution is 0.648. The predicted molar refractivity (Wildman–Crippen MR) is 74.6 cm³/mol. The highest BCUT2D eigenvalue weighted by Crippen LogP contribution is 2.36. The fourth-order valence-corrected chi connectivity index (χ4v) is 3.30. The molecule has 88 valence electrons. The molecule has 1 aromatic rings. The molecule has 2 nitrogen and oxygen atoms in total. The van der Waals surface area contributed by atoms with Crippen molar-refractivity contribution in [1.82, 2.24) is 0 Å². The van der Waals surface area contributed by atoms with Crippen molar-refractivity contribution in [2.45, 2.75) is 18.6 Å². The van der Waals surface area contributed by atoms with Crippen LogP contribution in [0.4, 0.5) is 11.4 Å². The Morgan fingerprint density at radius 3 is 2.88 bits per heavy atom. The number of benzene rings is 1. The number of thioether (sulfide) groups is 1. The Morgan fingerprint density at radius 2 is 2.19 bits per heavy atom. The van der Waals surface area contributed by atoms with E-state index in [0.717, 1.165) is 24.5 Å². The highest BCUT2D eigenvalue weighted by atomic mass is 35.5. The zero-order valence-electron chi connectivity index (χ0n) is 9.66. The molecule has 0 saturated carbocycles. The highest BCUT2D eigenvalue weighted by Gasteiger charge is 2.28. The summed E-state index contributed by atoms with van der Waals surface area (Å²) >= 11 is 8.06. The zero-order chi connectivity index (χ0) is 11.8. The van der Waals surface area contributed by atoms with Crippen LogP contribution >= 0.6 is 23.4 Å². The van der Waals surface area contributed by atoms with Crippen LogP contribution in [0.1, 0.15) is 13.8 Å². The first kappa shape index (κ1) is 11.9. The normalized spacial score (nSPS) is 19.8. The van der Waals surface area contributed by atoms with Crippen molar-refractivity contribution in [1.29, 1.82) is 0 Å². The summed E-state index contributed by atoms with van der Waals surface area (Å²) in [5, 5.41) is 0.647. The summed E-state index contributed by atoms with van der Waals surface area (Å²) in [6, 6.07) is 5.85. The molecule has 0 atom stereocenters. The molecule has 0 spiro atoms. The first-order valence-corrected chi connectivity index (χ1v) is 6.79. The van der Waals surface area contributed by atoms with Crippen molar-refractivity contribution >= 4 is 34.7 Å². The van der Waals surface area contributed by atoms with Crippen LogP contribution in [0.25, 0.3) is 0 Å². The van der Waals surface area contributed by atoms with Crippen molar-refractivity contribution in [3.8, 4) is 0 Å². The number of halogens is 1. The van der Waals surface area contributed by atoms with Gasteiger partial charge in [0.25, 0.3) is 0 Å². The Hall–Kier alpha value is -0.540. The summed E-state index contributed by atoms with van der Waals surface area (Å²) in [6.45, 7) is 6.59. The Balaban J connectivity index is 2.27. The minimum absolute atomic E-state index is 0.285. The maximum atomic E-state index is 6.05. The summed E-state index contributed by atoms with van der Waals surface area (Å²) < 4.78 is 0.285. The summed E-state index contributed by atoms with van der Waals surface area (Å²) in [5.74, 6) is 1.14. The third kappa shape index (κ3) is 2.41. The molecule has 1 aliphatic heterocycles. The molecule has 1 aromatic carbocycles. The van der Waals surface area contributed by atoms with Crippen molar-refractivity contribution in [2.75, 3.05) is 29.5 Å². The lowest BCUT2D eigenvalue weighted by Gasteiger charge is -2.39. The van der Waals surface area contributed by atoms with Gasteiger partial charge in [-0.25, -0.2) is 0 Å². The number of nitrogen functional groups attached to an aromatic ring is 1. The van der Waals surface area contributed by atoms with E-state index in [1.165, 1.54) is 0 Å². The van der Waals surface area contributed by atoms with Gasteiger partial charge in [-0.15, -0.1) is 0 Å². The summed E-state index contributed by atoms with van der Waals surface area (Å²) in [5.41, 5.74) is 7.79. The van der Waals surface area contributed by atoms with E-state index in [4.69, 9.17) is 17.3 Å². The van der Waals surface area contributed by atoms with Gasteiger partial charge >= 0.3 is 0 Å². The lowest BCUT2D eigenvalue weighted by Crippen LogP contribution is -2.43. The molecule has 1 heterocycles. The average molecular weight is 257 g/mol. The molecule has 0 amide bonds. The number of anilines is 2. The van der Waals surface area contributed by atoms with E-state index in [0.29, 0.717) is 10.7 Å². The molecule has 1 saturated heterocycles. The summed E-state index contributed by atoms with van der Waals surface area (Å²) in [4.78, 5) is 2.33. The van der Waals surface area contributed by atoms with E-state index in [9.17, 15) is 0 Å². The van der Waals surface area contributed by atoms with E-state index in [2.05, 4.69) is 18.7 Å². The Labute approximate surface area is 106 Å². The van der Waals surface area contributed by atoms with Crippen molar-refractivity contribution in [3.63, 3.8) is 0 Å². The average Bonchev–Trinajstić information content (AvgIpc) is 2.20. The van der Waals surface area contributed by atoms with Gasteiger partial charge in [-0.1, -0.05) is 17.7 Å². The van der Waals surface area contributed by atoms with Gasteiger partial charge in [0, 0.05) is 23.6 Å². The van der Waals surface area contributed by atoms with Gasteiger partial charge in [0.05, 0.1) is 16.4 Å². The highest BCUT2D eigenvalue weighted by molar-refractivity contribution is 8.00. The van der Waals surface area contributed by atoms with Gasteiger partial charge < -0.3 is 10.6 Å². The van der Waals surface area contributed by atoms with Crippen LogP contribution in [0.3, 0.4) is 0 Å². The lowest BCUT2D eigenvalue weighted by atomic mass is 10.1. The number of rotatable bonds is 1. The van der Waals surface area contributed by atoms with Gasteiger partial charge in [-0.05, 0) is 26.0 Å². The molecule has 1 fully saturated rings. The molecule has 1 aliphatic rings. The van der Waals surface area contributed by atoms with Crippen molar-refractivity contribution in [2.24, 2.45) is 0 Å². The SMILES string of the molecule is CC1(C)CN(c2cccc(Cl)c2N)CCS1. The zero-order valence-corrected chi connectivity index (χ0v) is 11.2. The van der Waals surface area contributed by atoms with E-state index in [1.807, 2.05) is 30.0 Å². The van der Waals surface area contributed by atoms with Crippen LogP contribution in [0.2, 0.25) is 5.02 Å². The molecular formula is C12H17ClN2S. The molecule has 16 heavy (non-hydrogen) atoms. The molecule has 0 bridgehead atoms. The maximum Gasteiger partial charge on any atom is 0.0741 e. The third-order valence-corrected chi connectivity index (χ3v) is 4.42. The molecular weight excluding hydrogens is 240 g/mol. The summed E-state index contributed by atoms with van der Waals surface area (Å²) in [6.07, 6.45) is 0. The monoisotopic (exact) mass is 256 g/mol. The number of hydrogen-bond acceptors (Lipinski definition) is 3. The molecule has 2 N–H and O–H groups in total. The largest absolute Gasteiger partial charge is 0.396 e. The first-order valence-electron chi connectivity index (χ1n) is 5.42. The van der Waals surface area contributed by atoms with Crippen molar-refractivity contribution in [3.05, 3.63) is 23.2 Å². The van der Waals surface area contributed by atoms with E-state index in [-0.39, 0.29) is 4.75 Å². The predicted octanol–water partition coefficient (Wildman–Crippen LogP) is 3.25. The van der Waals surface area contributed by atoms with Crippen LogP contribution in [-0.4, -0.2) is 23.6 Å². The fourth-order valence-electron chi connectivity index (χ4n) is 2.02. The molecule has 0 aromatic heterocycles. The van der Waals surface area contributed by atoms with E-state index >= 15 is 0 Å². The van der Waals surface area contributed by atoms with Gasteiger partial charge in [0.2, 0.25) is 0 Å². The quantitative estimate of drug-likeness (QED) is 0.782. The molecule has 2 rings (SSSR count). The maximum absolute atomic E-state index is 6.05. The second-order valence-electron chi connectivity index (χ2n) is 4.70. The Morgan fingerprint density at radius 1 is 1.44 bits per heavy atom. The van der Waals surface area contributed by atoms with Crippen LogP contribution in [-0.2, 0) is 0 Å². The third-order valence-electron chi connectivity index (χ3n) is 2.80. The minimum Gasteiger partial charge on any atom is -0.396 e. The topological polar surface area (TPSA) is 29.3 Å². The number of para-hydroxylation sites is 1. The van der Waals surface area contributed by atoms with Gasteiger partial charge in [0.1, 0.15) is 0 Å².